The van der Waals surface area contributed by atoms with E-state index in [1.807, 2.05) is 0 Å². The predicted octanol–water partition coefficient (Wildman–Crippen LogP) is 5.12. The molecule has 2 aromatic carbocycles. The predicted molar refractivity (Wildman–Crippen MR) is 128 cm³/mol. The molecule has 0 N–H and O–H groups in total. The van der Waals surface area contributed by atoms with Crippen molar-refractivity contribution in [2.45, 2.75) is 64.3 Å². The van der Waals surface area contributed by atoms with Crippen LogP contribution in [0.5, 0.6) is 0 Å². The standard InChI is InChI=1S/C26H38O3Si/c1-26(2,3)30(24-16-8-4-9-17-24,25-18-10-5-11-19-25)29-23-15-7-14-22-28-21-13-6-12-20-27/h4-5,8-11,16-20H,6-7,12-15,21-23H2,1-3H3. The highest BCUT2D eigenvalue weighted by Crippen LogP contribution is 2.36. The second-order valence-corrected chi connectivity index (χ2v) is 13.2. The fourth-order valence-corrected chi connectivity index (χ4v) is 8.61. The molecule has 2 aromatic rings. The summed E-state index contributed by atoms with van der Waals surface area (Å²) >= 11 is 0. The van der Waals surface area contributed by atoms with Gasteiger partial charge in [0.15, 0.2) is 0 Å². The lowest BCUT2D eigenvalue weighted by Gasteiger charge is -2.43. The van der Waals surface area contributed by atoms with Gasteiger partial charge in [-0.15, -0.1) is 0 Å². The van der Waals surface area contributed by atoms with Gasteiger partial charge in [-0.1, -0.05) is 81.4 Å². The van der Waals surface area contributed by atoms with Crippen LogP contribution in [0, 0.1) is 0 Å². The van der Waals surface area contributed by atoms with Crippen LogP contribution in [-0.2, 0) is 14.0 Å². The quantitative estimate of drug-likeness (QED) is 0.239. The van der Waals surface area contributed by atoms with E-state index in [-0.39, 0.29) is 5.04 Å². The van der Waals surface area contributed by atoms with Crippen LogP contribution in [0.2, 0.25) is 5.04 Å². The molecule has 0 spiro atoms. The van der Waals surface area contributed by atoms with Crippen molar-refractivity contribution in [1.29, 1.82) is 0 Å². The molecule has 0 heterocycles. The van der Waals surface area contributed by atoms with Gasteiger partial charge in [-0.3, -0.25) is 0 Å². The minimum Gasteiger partial charge on any atom is -0.407 e. The smallest absolute Gasteiger partial charge is 0.261 e. The van der Waals surface area contributed by atoms with Crippen LogP contribution in [-0.4, -0.2) is 34.4 Å². The highest BCUT2D eigenvalue weighted by molar-refractivity contribution is 6.99. The summed E-state index contributed by atoms with van der Waals surface area (Å²) in [6, 6.07) is 21.6. The molecule has 0 amide bonds. The van der Waals surface area contributed by atoms with Crippen LogP contribution in [0.1, 0.15) is 59.3 Å². The molecular formula is C26H38O3Si. The first-order chi connectivity index (χ1) is 14.5. The molecule has 0 aliphatic rings. The molecule has 0 unspecified atom stereocenters. The number of carbonyl (C=O) groups is 1. The number of hydrogen-bond donors (Lipinski definition) is 0. The maximum Gasteiger partial charge on any atom is 0.261 e. The van der Waals surface area contributed by atoms with E-state index < -0.39 is 8.32 Å². The molecule has 164 valence electrons. The van der Waals surface area contributed by atoms with E-state index in [2.05, 4.69) is 81.4 Å². The molecule has 0 saturated carbocycles. The third-order valence-corrected chi connectivity index (χ3v) is 10.6. The van der Waals surface area contributed by atoms with Gasteiger partial charge >= 0.3 is 0 Å². The zero-order valence-electron chi connectivity index (χ0n) is 18.9. The van der Waals surface area contributed by atoms with Crippen molar-refractivity contribution >= 4 is 25.0 Å². The molecule has 0 bridgehead atoms. The van der Waals surface area contributed by atoms with Crippen LogP contribution in [0.25, 0.3) is 0 Å². The number of carbonyl (C=O) groups excluding carboxylic acids is 1. The third kappa shape index (κ3) is 6.90. The first kappa shape index (κ1) is 24.5. The van der Waals surface area contributed by atoms with Crippen molar-refractivity contribution in [1.82, 2.24) is 0 Å². The summed E-state index contributed by atoms with van der Waals surface area (Å²) in [6.45, 7) is 9.27. The summed E-state index contributed by atoms with van der Waals surface area (Å²) in [4.78, 5) is 10.3. The van der Waals surface area contributed by atoms with Gasteiger partial charge in [0.1, 0.15) is 6.29 Å². The SMILES string of the molecule is CC(C)(C)[Si](OCCCCCOCCCCC=O)(c1ccccc1)c1ccccc1. The molecule has 0 aromatic heterocycles. The van der Waals surface area contributed by atoms with Crippen LogP contribution < -0.4 is 10.4 Å². The highest BCUT2D eigenvalue weighted by Gasteiger charge is 2.49. The Morgan fingerprint density at radius 3 is 1.73 bits per heavy atom. The average molecular weight is 427 g/mol. The molecular weight excluding hydrogens is 388 g/mol. The topological polar surface area (TPSA) is 35.5 Å². The Kier molecular flexibility index (Phi) is 10.5. The largest absolute Gasteiger partial charge is 0.407 e. The van der Waals surface area contributed by atoms with E-state index in [9.17, 15) is 4.79 Å². The van der Waals surface area contributed by atoms with E-state index in [1.54, 1.807) is 0 Å². The van der Waals surface area contributed by atoms with Crippen molar-refractivity contribution in [3.05, 3.63) is 60.7 Å². The van der Waals surface area contributed by atoms with Crippen molar-refractivity contribution in [2.24, 2.45) is 0 Å². The van der Waals surface area contributed by atoms with Gasteiger partial charge in [-0.25, -0.2) is 0 Å². The van der Waals surface area contributed by atoms with Gasteiger partial charge in [-0.2, -0.15) is 0 Å². The normalized spacial score (nSPS) is 12.1. The summed E-state index contributed by atoms with van der Waals surface area (Å²) in [7, 11) is -2.40. The minimum atomic E-state index is -2.40. The third-order valence-electron chi connectivity index (χ3n) is 5.53. The summed E-state index contributed by atoms with van der Waals surface area (Å²) in [6.07, 6.45) is 6.71. The second-order valence-electron chi connectivity index (χ2n) is 8.85. The zero-order chi connectivity index (χ0) is 21.7. The van der Waals surface area contributed by atoms with Crippen molar-refractivity contribution in [3.63, 3.8) is 0 Å². The Hall–Kier alpha value is -1.75. The van der Waals surface area contributed by atoms with E-state index in [0.717, 1.165) is 58.2 Å². The summed E-state index contributed by atoms with van der Waals surface area (Å²) in [5.41, 5.74) is 0. The number of rotatable bonds is 14. The van der Waals surface area contributed by atoms with Gasteiger partial charge in [0, 0.05) is 26.2 Å². The lowest BCUT2D eigenvalue weighted by molar-refractivity contribution is -0.108. The van der Waals surface area contributed by atoms with E-state index in [1.165, 1.54) is 10.4 Å². The lowest BCUT2D eigenvalue weighted by Crippen LogP contribution is -2.66. The first-order valence-electron chi connectivity index (χ1n) is 11.3. The Bertz CT molecular complexity index is 671. The van der Waals surface area contributed by atoms with Gasteiger partial charge < -0.3 is 14.0 Å². The summed E-state index contributed by atoms with van der Waals surface area (Å²) in [5, 5.41) is 2.70. The summed E-state index contributed by atoms with van der Waals surface area (Å²) in [5.74, 6) is 0. The maximum atomic E-state index is 10.3. The van der Waals surface area contributed by atoms with Crippen LogP contribution >= 0.6 is 0 Å². The molecule has 3 nitrogen and oxygen atoms in total. The van der Waals surface area contributed by atoms with E-state index >= 15 is 0 Å². The lowest BCUT2D eigenvalue weighted by atomic mass is 10.2. The number of aldehydes is 1. The molecule has 2 rings (SSSR count). The molecule has 30 heavy (non-hydrogen) atoms. The van der Waals surface area contributed by atoms with Gasteiger partial charge in [0.05, 0.1) is 0 Å². The Morgan fingerprint density at radius 2 is 1.23 bits per heavy atom. The Balaban J connectivity index is 1.95. The fourth-order valence-electron chi connectivity index (χ4n) is 4.00. The van der Waals surface area contributed by atoms with Gasteiger partial charge in [0.25, 0.3) is 8.32 Å². The molecule has 0 atom stereocenters. The maximum absolute atomic E-state index is 10.3. The molecule has 0 aliphatic carbocycles. The molecule has 0 fully saturated rings. The Labute approximate surface area is 183 Å². The molecule has 0 saturated heterocycles. The minimum absolute atomic E-state index is 0.0281. The molecule has 0 aliphatic heterocycles. The number of benzene rings is 2. The second kappa shape index (κ2) is 12.8. The molecule has 0 radical (unpaired) electrons. The van der Waals surface area contributed by atoms with Crippen LogP contribution in [0.3, 0.4) is 0 Å². The van der Waals surface area contributed by atoms with Crippen LogP contribution in [0.4, 0.5) is 0 Å². The van der Waals surface area contributed by atoms with Crippen molar-refractivity contribution < 1.29 is 14.0 Å². The van der Waals surface area contributed by atoms with Gasteiger partial charge in [0.2, 0.25) is 0 Å². The Morgan fingerprint density at radius 1 is 0.733 bits per heavy atom. The average Bonchev–Trinajstić information content (AvgIpc) is 2.75. The number of ether oxygens (including phenoxy) is 1. The summed E-state index contributed by atoms with van der Waals surface area (Å²) < 4.78 is 12.6. The van der Waals surface area contributed by atoms with Crippen molar-refractivity contribution in [3.8, 4) is 0 Å². The fraction of sp³-hybridized carbons (Fsp3) is 0.500. The first-order valence-corrected chi connectivity index (χ1v) is 13.2. The van der Waals surface area contributed by atoms with Gasteiger partial charge in [-0.05, 0) is 47.5 Å². The van der Waals surface area contributed by atoms with Crippen molar-refractivity contribution in [2.75, 3.05) is 19.8 Å². The van der Waals surface area contributed by atoms with Crippen LogP contribution in [0.15, 0.2) is 60.7 Å². The number of unbranched alkanes of at least 4 members (excludes halogenated alkanes) is 4. The monoisotopic (exact) mass is 426 g/mol. The van der Waals surface area contributed by atoms with E-state index in [4.69, 9.17) is 9.16 Å². The zero-order valence-corrected chi connectivity index (χ0v) is 19.9. The van der Waals surface area contributed by atoms with E-state index in [0.29, 0.717) is 6.42 Å². The number of hydrogen-bond acceptors (Lipinski definition) is 3. The molecule has 4 heteroatoms. The highest BCUT2D eigenvalue weighted by atomic mass is 28.4.